The molecule has 0 aliphatic heterocycles. The summed E-state index contributed by atoms with van der Waals surface area (Å²) in [5.41, 5.74) is 4.42. The first-order chi connectivity index (χ1) is 17.2. The predicted molar refractivity (Wildman–Crippen MR) is 134 cm³/mol. The fraction of sp³-hybridized carbons (Fsp3) is 0.148. The fourth-order valence-electron chi connectivity index (χ4n) is 3.58. The van der Waals surface area contributed by atoms with E-state index in [1.54, 1.807) is 29.0 Å². The number of aromatic nitrogens is 5. The molecule has 0 radical (unpaired) electrons. The smallest absolute Gasteiger partial charge is 0.255 e. The molecule has 0 saturated heterocycles. The van der Waals surface area contributed by atoms with E-state index < -0.39 is 0 Å². The minimum absolute atomic E-state index is 0.178. The normalized spacial score (nSPS) is 10.9. The average Bonchev–Trinajstić information content (AvgIpc) is 3.33. The number of nitrogens with one attached hydrogen (secondary N) is 1. The van der Waals surface area contributed by atoms with Crippen molar-refractivity contribution in [3.05, 3.63) is 90.8 Å². The Morgan fingerprint density at radius 3 is 2.51 bits per heavy atom. The quantitative estimate of drug-likeness (QED) is 0.314. The van der Waals surface area contributed by atoms with Crippen LogP contribution in [0.5, 0.6) is 5.75 Å². The van der Waals surface area contributed by atoms with Crippen LogP contribution in [0.1, 0.15) is 30.1 Å². The van der Waals surface area contributed by atoms with Crippen LogP contribution in [0.3, 0.4) is 0 Å². The van der Waals surface area contributed by atoms with Crippen LogP contribution in [0.15, 0.2) is 85.2 Å². The molecule has 8 nitrogen and oxygen atoms in total. The molecule has 0 aliphatic carbocycles. The first-order valence-electron chi connectivity index (χ1n) is 11.5. The van der Waals surface area contributed by atoms with Gasteiger partial charge in [-0.05, 0) is 67.1 Å². The van der Waals surface area contributed by atoms with Crippen molar-refractivity contribution in [2.24, 2.45) is 0 Å². The van der Waals surface area contributed by atoms with Crippen LogP contribution in [0, 0.1) is 0 Å². The van der Waals surface area contributed by atoms with Gasteiger partial charge in [0.1, 0.15) is 5.75 Å². The number of anilines is 1. The fourth-order valence-corrected chi connectivity index (χ4v) is 3.58. The van der Waals surface area contributed by atoms with Gasteiger partial charge < -0.3 is 10.1 Å². The molecular weight excluding hydrogens is 440 g/mol. The van der Waals surface area contributed by atoms with E-state index in [1.165, 1.54) is 0 Å². The van der Waals surface area contributed by atoms with Gasteiger partial charge in [-0.25, -0.2) is 0 Å². The number of pyridine rings is 1. The molecule has 8 heteroatoms. The van der Waals surface area contributed by atoms with E-state index in [1.807, 2.05) is 60.7 Å². The van der Waals surface area contributed by atoms with Crippen LogP contribution in [-0.4, -0.2) is 37.3 Å². The van der Waals surface area contributed by atoms with Gasteiger partial charge in [0.15, 0.2) is 11.5 Å². The minimum Gasteiger partial charge on any atom is -0.494 e. The van der Waals surface area contributed by atoms with E-state index in [0.29, 0.717) is 29.3 Å². The largest absolute Gasteiger partial charge is 0.494 e. The van der Waals surface area contributed by atoms with Gasteiger partial charge in [-0.2, -0.15) is 9.61 Å². The van der Waals surface area contributed by atoms with E-state index in [2.05, 4.69) is 27.4 Å². The highest BCUT2D eigenvalue weighted by Gasteiger charge is 2.11. The third kappa shape index (κ3) is 5.01. The van der Waals surface area contributed by atoms with E-state index in [4.69, 9.17) is 9.84 Å². The summed E-state index contributed by atoms with van der Waals surface area (Å²) in [5, 5.41) is 16.1. The number of hydrogen-bond acceptors (Lipinski definition) is 6. The second-order valence-corrected chi connectivity index (χ2v) is 8.01. The van der Waals surface area contributed by atoms with Crippen molar-refractivity contribution in [1.29, 1.82) is 0 Å². The average molecular weight is 465 g/mol. The number of unbranched alkanes of at least 4 members (excludes halogenated alkanes) is 1. The zero-order chi connectivity index (χ0) is 24.0. The molecule has 3 aromatic heterocycles. The Morgan fingerprint density at radius 2 is 1.77 bits per heavy atom. The van der Waals surface area contributed by atoms with Gasteiger partial charge in [-0.1, -0.05) is 25.5 Å². The topological polar surface area (TPSA) is 94.3 Å². The third-order valence-electron chi connectivity index (χ3n) is 5.50. The second-order valence-electron chi connectivity index (χ2n) is 8.01. The Kier molecular flexibility index (Phi) is 6.43. The Morgan fingerprint density at radius 1 is 0.943 bits per heavy atom. The highest BCUT2D eigenvalue weighted by Crippen LogP contribution is 2.23. The maximum atomic E-state index is 12.6. The minimum atomic E-state index is -0.178. The zero-order valence-electron chi connectivity index (χ0n) is 19.3. The van der Waals surface area contributed by atoms with E-state index in [9.17, 15) is 4.79 Å². The molecule has 3 heterocycles. The molecule has 0 fully saturated rings. The van der Waals surface area contributed by atoms with Gasteiger partial charge in [0.25, 0.3) is 5.91 Å². The predicted octanol–water partition coefficient (Wildman–Crippen LogP) is 5.28. The van der Waals surface area contributed by atoms with Gasteiger partial charge in [-0.15, -0.1) is 10.2 Å². The monoisotopic (exact) mass is 464 g/mol. The molecule has 0 spiro atoms. The number of carbonyl (C=O) groups excluding carboxylic acids is 1. The summed E-state index contributed by atoms with van der Waals surface area (Å²) >= 11 is 0. The van der Waals surface area contributed by atoms with Gasteiger partial charge in [0.2, 0.25) is 0 Å². The highest BCUT2D eigenvalue weighted by molar-refractivity contribution is 6.04. The number of hydrogen-bond donors (Lipinski definition) is 1. The molecule has 0 aliphatic rings. The zero-order valence-corrected chi connectivity index (χ0v) is 19.3. The number of amides is 1. The molecule has 5 rings (SSSR count). The van der Waals surface area contributed by atoms with Crippen molar-refractivity contribution in [2.45, 2.75) is 19.8 Å². The number of carbonyl (C=O) groups is 1. The number of nitrogens with zero attached hydrogens (tertiary/aromatic N) is 5. The van der Waals surface area contributed by atoms with Gasteiger partial charge in [0.05, 0.1) is 12.3 Å². The molecule has 35 heavy (non-hydrogen) atoms. The molecule has 0 saturated carbocycles. The third-order valence-corrected chi connectivity index (χ3v) is 5.50. The highest BCUT2D eigenvalue weighted by atomic mass is 16.5. The van der Waals surface area contributed by atoms with E-state index in [-0.39, 0.29) is 5.91 Å². The van der Waals surface area contributed by atoms with Crippen molar-refractivity contribution in [3.63, 3.8) is 0 Å². The van der Waals surface area contributed by atoms with Gasteiger partial charge in [0, 0.05) is 34.8 Å². The first kappa shape index (κ1) is 22.2. The Hall–Kier alpha value is -4.59. The van der Waals surface area contributed by atoms with Crippen LogP contribution in [0.4, 0.5) is 5.69 Å². The number of ether oxygens (including phenoxy) is 1. The molecule has 1 amide bonds. The van der Waals surface area contributed by atoms with E-state index in [0.717, 1.165) is 35.4 Å². The lowest BCUT2D eigenvalue weighted by molar-refractivity contribution is 0.102. The summed E-state index contributed by atoms with van der Waals surface area (Å²) in [4.78, 5) is 16.8. The second kappa shape index (κ2) is 10.1. The SMILES string of the molecule is CCCCOc1ccc(C(=O)Nc2ccc(-c3ccc4nnc(-c5cccnc5)n4n3)cc2)cc1. The van der Waals surface area contributed by atoms with Crippen molar-refractivity contribution in [3.8, 4) is 28.4 Å². The summed E-state index contributed by atoms with van der Waals surface area (Å²) in [6.07, 6.45) is 5.53. The summed E-state index contributed by atoms with van der Waals surface area (Å²) in [7, 11) is 0. The maximum absolute atomic E-state index is 12.6. The molecule has 174 valence electrons. The van der Waals surface area contributed by atoms with Gasteiger partial charge in [-0.3, -0.25) is 9.78 Å². The molecule has 0 atom stereocenters. The molecule has 0 unspecified atom stereocenters. The van der Waals surface area contributed by atoms with Crippen molar-refractivity contribution in [1.82, 2.24) is 24.8 Å². The van der Waals surface area contributed by atoms with Crippen molar-refractivity contribution < 1.29 is 9.53 Å². The molecule has 2 aromatic carbocycles. The molecule has 0 bridgehead atoms. The lowest BCUT2D eigenvalue weighted by Crippen LogP contribution is -2.11. The van der Waals surface area contributed by atoms with Crippen molar-refractivity contribution in [2.75, 3.05) is 11.9 Å². The number of rotatable bonds is 8. The first-order valence-corrected chi connectivity index (χ1v) is 11.5. The Bertz CT molecular complexity index is 1430. The van der Waals surface area contributed by atoms with Crippen LogP contribution < -0.4 is 10.1 Å². The number of benzene rings is 2. The molecular formula is C27H24N6O2. The van der Waals surface area contributed by atoms with E-state index >= 15 is 0 Å². The lowest BCUT2D eigenvalue weighted by Gasteiger charge is -2.09. The Balaban J connectivity index is 1.29. The standard InChI is InChI=1S/C27H24N6O2/c1-2-3-17-35-23-12-8-20(9-13-23)27(34)29-22-10-6-19(7-11-22)24-14-15-25-30-31-26(33(25)32-24)21-5-4-16-28-18-21/h4-16,18H,2-3,17H2,1H3,(H,29,34). The van der Waals surface area contributed by atoms with Crippen LogP contribution >= 0.6 is 0 Å². The maximum Gasteiger partial charge on any atom is 0.255 e. The van der Waals surface area contributed by atoms with Crippen molar-refractivity contribution >= 4 is 17.2 Å². The summed E-state index contributed by atoms with van der Waals surface area (Å²) in [6, 6.07) is 22.3. The Labute approximate surface area is 202 Å². The van der Waals surface area contributed by atoms with Crippen LogP contribution in [0.25, 0.3) is 28.3 Å². The van der Waals surface area contributed by atoms with Crippen LogP contribution in [0.2, 0.25) is 0 Å². The number of fused-ring (bicyclic) bond motifs is 1. The molecule has 1 N–H and O–H groups in total. The van der Waals surface area contributed by atoms with Gasteiger partial charge >= 0.3 is 0 Å². The summed E-state index contributed by atoms with van der Waals surface area (Å²) < 4.78 is 7.36. The van der Waals surface area contributed by atoms with Crippen LogP contribution in [-0.2, 0) is 0 Å². The lowest BCUT2D eigenvalue weighted by atomic mass is 10.1. The summed E-state index contributed by atoms with van der Waals surface area (Å²) in [5.74, 6) is 1.22. The molecule has 5 aromatic rings. The summed E-state index contributed by atoms with van der Waals surface area (Å²) in [6.45, 7) is 2.80.